The molecule has 0 aliphatic rings. The van der Waals surface area contributed by atoms with E-state index in [4.69, 9.17) is 14.2 Å². The van der Waals surface area contributed by atoms with Crippen LogP contribution in [0, 0.1) is 0 Å². The third-order valence-corrected chi connectivity index (χ3v) is 4.34. The molecule has 3 N–H and O–H groups in total. The molecule has 0 radical (unpaired) electrons. The van der Waals surface area contributed by atoms with Gasteiger partial charge in [-0.15, -0.1) is 4.99 Å². The molecule has 2 amide bonds. The molecule has 10 nitrogen and oxygen atoms in total. The van der Waals surface area contributed by atoms with Gasteiger partial charge in [0.05, 0.1) is 5.56 Å². The predicted octanol–water partition coefficient (Wildman–Crippen LogP) is 5.61. The number of amides is 2. The average Bonchev–Trinajstić information content (AvgIpc) is 3.19. The number of guanidine groups is 1. The molecule has 0 saturated heterocycles. The predicted molar refractivity (Wildman–Crippen MR) is 136 cm³/mol. The van der Waals surface area contributed by atoms with Crippen molar-refractivity contribution in [2.24, 2.45) is 4.99 Å². The number of esters is 1. The van der Waals surface area contributed by atoms with Crippen LogP contribution in [0.2, 0.25) is 0 Å². The van der Waals surface area contributed by atoms with Gasteiger partial charge >= 0.3 is 18.2 Å². The summed E-state index contributed by atoms with van der Waals surface area (Å²) in [7, 11) is 0. The molecule has 3 rings (SSSR count). The zero-order valence-electron chi connectivity index (χ0n) is 21.1. The van der Waals surface area contributed by atoms with Gasteiger partial charge in [0.1, 0.15) is 17.0 Å². The first-order chi connectivity index (χ1) is 16.8. The smallest absolute Gasteiger partial charge is 0.437 e. The Kier molecular flexibility index (Phi) is 7.67. The Bertz CT molecular complexity index is 1280. The SMILES string of the molecule is CC(C)(C)OC(=O)/N=C(/NC(=O)OC(C)(C)C)Nc1ccc(C(=O)Oc2ccc3cc[nH]c3c2)cc1. The van der Waals surface area contributed by atoms with E-state index in [0.717, 1.165) is 10.9 Å². The van der Waals surface area contributed by atoms with Crippen LogP contribution in [0.15, 0.2) is 59.7 Å². The quantitative estimate of drug-likeness (QED) is 0.186. The van der Waals surface area contributed by atoms with Crippen molar-refractivity contribution in [3.8, 4) is 5.75 Å². The first-order valence-electron chi connectivity index (χ1n) is 11.3. The highest BCUT2D eigenvalue weighted by Gasteiger charge is 2.20. The Morgan fingerprint density at radius 3 is 2.17 bits per heavy atom. The molecule has 0 fully saturated rings. The maximum absolute atomic E-state index is 12.6. The van der Waals surface area contributed by atoms with Crippen LogP contribution in [0.4, 0.5) is 15.3 Å². The van der Waals surface area contributed by atoms with E-state index in [9.17, 15) is 14.4 Å². The molecule has 2 aromatic carbocycles. The number of carbonyl (C=O) groups excluding carboxylic acids is 3. The van der Waals surface area contributed by atoms with Gasteiger partial charge in [0, 0.05) is 23.5 Å². The summed E-state index contributed by atoms with van der Waals surface area (Å²) >= 11 is 0. The lowest BCUT2D eigenvalue weighted by Crippen LogP contribution is -2.40. The molecular weight excluding hydrogens is 464 g/mol. The van der Waals surface area contributed by atoms with Gasteiger partial charge in [0.2, 0.25) is 5.96 Å². The van der Waals surface area contributed by atoms with E-state index in [1.807, 2.05) is 12.1 Å². The molecule has 0 saturated carbocycles. The largest absolute Gasteiger partial charge is 0.444 e. The highest BCUT2D eigenvalue weighted by molar-refractivity contribution is 6.06. The van der Waals surface area contributed by atoms with Crippen molar-refractivity contribution in [3.63, 3.8) is 0 Å². The lowest BCUT2D eigenvalue weighted by Gasteiger charge is -2.21. The second kappa shape index (κ2) is 10.5. The van der Waals surface area contributed by atoms with Crippen molar-refractivity contribution in [3.05, 3.63) is 60.3 Å². The number of benzene rings is 2. The van der Waals surface area contributed by atoms with Crippen molar-refractivity contribution in [2.45, 2.75) is 52.7 Å². The fraction of sp³-hybridized carbons (Fsp3) is 0.308. The molecule has 0 aliphatic heterocycles. The first-order valence-corrected chi connectivity index (χ1v) is 11.3. The fourth-order valence-corrected chi connectivity index (χ4v) is 2.95. The van der Waals surface area contributed by atoms with Gasteiger partial charge in [-0.1, -0.05) is 0 Å². The summed E-state index contributed by atoms with van der Waals surface area (Å²) in [5, 5.41) is 6.24. The molecule has 0 aliphatic carbocycles. The maximum Gasteiger partial charge on any atom is 0.437 e. The monoisotopic (exact) mass is 494 g/mol. The van der Waals surface area contributed by atoms with Gasteiger partial charge in [-0.3, -0.25) is 5.32 Å². The van der Waals surface area contributed by atoms with Gasteiger partial charge in [-0.25, -0.2) is 14.4 Å². The topological polar surface area (TPSA) is 131 Å². The summed E-state index contributed by atoms with van der Waals surface area (Å²) in [4.78, 5) is 43.9. The number of carbonyl (C=O) groups is 3. The lowest BCUT2D eigenvalue weighted by molar-refractivity contribution is 0.0561. The van der Waals surface area contributed by atoms with Crippen LogP contribution in [0.25, 0.3) is 10.9 Å². The zero-order valence-corrected chi connectivity index (χ0v) is 21.1. The molecule has 0 unspecified atom stereocenters. The number of H-pyrrole nitrogens is 1. The second-order valence-corrected chi connectivity index (χ2v) is 9.89. The minimum Gasteiger partial charge on any atom is -0.444 e. The van der Waals surface area contributed by atoms with Gasteiger partial charge in [-0.05, 0) is 89.4 Å². The highest BCUT2D eigenvalue weighted by Crippen LogP contribution is 2.21. The van der Waals surface area contributed by atoms with E-state index < -0.39 is 29.4 Å². The second-order valence-electron chi connectivity index (χ2n) is 9.89. The van der Waals surface area contributed by atoms with Crippen molar-refractivity contribution in [1.82, 2.24) is 10.3 Å². The molecule has 10 heteroatoms. The number of aliphatic imine (C=N–C) groups is 1. The van der Waals surface area contributed by atoms with Crippen LogP contribution in [0.1, 0.15) is 51.9 Å². The standard InChI is InChI=1S/C26H30N4O6/c1-25(2,3)35-23(32)29-22(30-24(33)36-26(4,5)6)28-18-10-7-17(8-11-18)21(31)34-19-12-9-16-13-14-27-20(16)15-19/h7-15,27H,1-6H3,(H2,28,29,30,32,33). The minimum atomic E-state index is -0.903. The molecule has 0 bridgehead atoms. The summed E-state index contributed by atoms with van der Waals surface area (Å²) in [5.41, 5.74) is 0.0734. The maximum atomic E-state index is 12.6. The first kappa shape index (κ1) is 26.3. The molecule has 0 atom stereocenters. The van der Waals surface area contributed by atoms with E-state index in [-0.39, 0.29) is 5.96 Å². The number of nitrogens with zero attached hydrogens (tertiary/aromatic N) is 1. The normalized spacial score (nSPS) is 12.1. The van der Waals surface area contributed by atoms with Crippen molar-refractivity contribution >= 4 is 40.7 Å². The number of aromatic nitrogens is 1. The van der Waals surface area contributed by atoms with Crippen LogP contribution < -0.4 is 15.4 Å². The lowest BCUT2D eigenvalue weighted by atomic mass is 10.2. The Hall–Kier alpha value is -4.34. The Morgan fingerprint density at radius 2 is 1.53 bits per heavy atom. The number of aromatic amines is 1. The minimum absolute atomic E-state index is 0.201. The van der Waals surface area contributed by atoms with Crippen LogP contribution in [-0.4, -0.2) is 40.3 Å². The third kappa shape index (κ3) is 8.15. The summed E-state index contributed by atoms with van der Waals surface area (Å²) in [6, 6.07) is 13.5. The van der Waals surface area contributed by atoms with Crippen LogP contribution >= 0.6 is 0 Å². The van der Waals surface area contributed by atoms with Gasteiger partial charge < -0.3 is 24.5 Å². The zero-order chi connectivity index (χ0) is 26.5. The van der Waals surface area contributed by atoms with Gasteiger partial charge in [-0.2, -0.15) is 0 Å². The number of hydrogen-bond acceptors (Lipinski definition) is 6. The summed E-state index contributed by atoms with van der Waals surface area (Å²) in [6.07, 6.45) is 0.0943. The third-order valence-electron chi connectivity index (χ3n) is 4.34. The van der Waals surface area contributed by atoms with Crippen molar-refractivity contribution in [1.29, 1.82) is 0 Å². The van der Waals surface area contributed by atoms with E-state index in [2.05, 4.69) is 20.6 Å². The van der Waals surface area contributed by atoms with E-state index in [1.165, 1.54) is 12.1 Å². The highest BCUT2D eigenvalue weighted by atomic mass is 16.6. The molecule has 0 spiro atoms. The van der Waals surface area contributed by atoms with Crippen molar-refractivity contribution in [2.75, 3.05) is 5.32 Å². The Balaban J connectivity index is 1.71. The van der Waals surface area contributed by atoms with E-state index in [1.54, 1.807) is 72.0 Å². The molecular formula is C26H30N4O6. The summed E-state index contributed by atoms with van der Waals surface area (Å²) in [6.45, 7) is 10.2. The number of hydrogen-bond donors (Lipinski definition) is 3. The number of ether oxygens (including phenoxy) is 3. The fourth-order valence-electron chi connectivity index (χ4n) is 2.95. The van der Waals surface area contributed by atoms with Crippen LogP contribution in [0.3, 0.4) is 0 Å². The van der Waals surface area contributed by atoms with Crippen LogP contribution in [-0.2, 0) is 9.47 Å². The van der Waals surface area contributed by atoms with E-state index >= 15 is 0 Å². The number of alkyl carbamates (subject to hydrolysis) is 1. The molecule has 3 aromatic rings. The summed E-state index contributed by atoms with van der Waals surface area (Å²) in [5.74, 6) is -0.333. The molecule has 36 heavy (non-hydrogen) atoms. The number of fused-ring (bicyclic) bond motifs is 1. The van der Waals surface area contributed by atoms with Crippen molar-refractivity contribution < 1.29 is 28.6 Å². The van der Waals surface area contributed by atoms with Gasteiger partial charge in [0.25, 0.3) is 0 Å². The number of nitrogens with one attached hydrogen (secondary N) is 3. The van der Waals surface area contributed by atoms with Gasteiger partial charge in [0.15, 0.2) is 0 Å². The number of anilines is 1. The Morgan fingerprint density at radius 1 is 0.861 bits per heavy atom. The summed E-state index contributed by atoms with van der Waals surface area (Å²) < 4.78 is 15.9. The van der Waals surface area contributed by atoms with E-state index in [0.29, 0.717) is 17.0 Å². The molecule has 1 heterocycles. The molecule has 1 aromatic heterocycles. The van der Waals surface area contributed by atoms with Crippen LogP contribution in [0.5, 0.6) is 5.75 Å². The number of rotatable bonds is 3. The Labute approximate surface area is 209 Å². The average molecular weight is 495 g/mol. The molecule has 190 valence electrons.